The molecule has 0 saturated heterocycles. The molecule has 0 aliphatic carbocycles. The van der Waals surface area contributed by atoms with Crippen LogP contribution in [0.25, 0.3) is 72.8 Å². The summed E-state index contributed by atoms with van der Waals surface area (Å²) in [4.78, 5) is 14.6. The van der Waals surface area contributed by atoms with Crippen molar-refractivity contribution in [3.05, 3.63) is 156 Å². The third-order valence-corrected chi connectivity index (χ3v) is 8.72. The van der Waals surface area contributed by atoms with Crippen molar-refractivity contribution in [1.29, 1.82) is 10.5 Å². The van der Waals surface area contributed by atoms with E-state index < -0.39 is 11.7 Å². The first-order valence-electron chi connectivity index (χ1n) is 15.9. The maximum Gasteiger partial charge on any atom is 0.416 e. The van der Waals surface area contributed by atoms with Gasteiger partial charge in [0.15, 0.2) is 17.5 Å². The van der Waals surface area contributed by atoms with Crippen LogP contribution < -0.4 is 0 Å². The van der Waals surface area contributed by atoms with Gasteiger partial charge < -0.3 is 4.57 Å². The number of nitrogens with zero attached hydrogens (tertiary/aromatic N) is 6. The highest BCUT2D eigenvalue weighted by molar-refractivity contribution is 6.10. The number of fused-ring (bicyclic) bond motifs is 3. The molecular weight excluding hydrogens is 645 g/mol. The number of hydrogen-bond acceptors (Lipinski definition) is 5. The number of benzene rings is 6. The Morgan fingerprint density at radius 3 is 1.51 bits per heavy atom. The molecule has 0 radical (unpaired) electrons. The summed E-state index contributed by atoms with van der Waals surface area (Å²) in [6.45, 7) is 0. The number of halogens is 3. The zero-order valence-electron chi connectivity index (χ0n) is 26.6. The van der Waals surface area contributed by atoms with Gasteiger partial charge in [-0.3, -0.25) is 0 Å². The van der Waals surface area contributed by atoms with E-state index in [0.717, 1.165) is 34.0 Å². The minimum atomic E-state index is -4.56. The second-order valence-corrected chi connectivity index (χ2v) is 11.9. The van der Waals surface area contributed by atoms with Crippen LogP contribution in [0, 0.1) is 22.7 Å². The van der Waals surface area contributed by atoms with Crippen molar-refractivity contribution in [2.45, 2.75) is 6.18 Å². The normalized spacial score (nSPS) is 11.4. The van der Waals surface area contributed by atoms with Gasteiger partial charge in [0.25, 0.3) is 0 Å². The summed E-state index contributed by atoms with van der Waals surface area (Å²) >= 11 is 0. The number of alkyl halides is 3. The largest absolute Gasteiger partial charge is 0.416 e. The Bertz CT molecular complexity index is 2580. The van der Waals surface area contributed by atoms with Gasteiger partial charge >= 0.3 is 6.18 Å². The Morgan fingerprint density at radius 2 is 1.00 bits per heavy atom. The lowest BCUT2D eigenvalue weighted by molar-refractivity contribution is -0.137. The summed E-state index contributed by atoms with van der Waals surface area (Å²) in [6, 6.07) is 44.6. The van der Waals surface area contributed by atoms with Gasteiger partial charge in [-0.2, -0.15) is 23.7 Å². The maximum absolute atomic E-state index is 14.0. The molecule has 0 amide bonds. The molecule has 0 aliphatic heterocycles. The van der Waals surface area contributed by atoms with Crippen LogP contribution in [0.2, 0.25) is 0 Å². The third-order valence-electron chi connectivity index (χ3n) is 8.72. The first-order valence-corrected chi connectivity index (χ1v) is 15.9. The van der Waals surface area contributed by atoms with Gasteiger partial charge in [-0.1, -0.05) is 97.1 Å². The van der Waals surface area contributed by atoms with Crippen molar-refractivity contribution in [3.8, 4) is 63.1 Å². The van der Waals surface area contributed by atoms with Gasteiger partial charge in [-0.25, -0.2) is 15.0 Å². The van der Waals surface area contributed by atoms with E-state index in [1.54, 1.807) is 42.5 Å². The molecule has 0 aliphatic rings. The number of aromatic nitrogens is 4. The fraction of sp³-hybridized carbons (Fsp3) is 0.0238. The van der Waals surface area contributed by atoms with Gasteiger partial charge in [-0.15, -0.1) is 0 Å². The molecule has 2 aromatic heterocycles. The van der Waals surface area contributed by atoms with Crippen molar-refractivity contribution < 1.29 is 13.2 Å². The van der Waals surface area contributed by atoms with E-state index in [1.807, 2.05) is 83.4 Å². The Hall–Kier alpha value is -7.10. The van der Waals surface area contributed by atoms with Crippen LogP contribution in [0.4, 0.5) is 13.2 Å². The Labute approximate surface area is 290 Å². The average molecular weight is 669 g/mol. The van der Waals surface area contributed by atoms with Gasteiger partial charge in [0.1, 0.15) is 0 Å². The lowest BCUT2D eigenvalue weighted by atomic mass is 9.98. The molecule has 8 rings (SSSR count). The number of nitriles is 2. The fourth-order valence-corrected chi connectivity index (χ4v) is 6.32. The van der Waals surface area contributed by atoms with E-state index in [1.165, 1.54) is 6.07 Å². The SMILES string of the molecule is N#Cc1ccc2c3ccc(C#N)cc3n(-c3cc(-c4nc(-c5ccccc5)nc(-c5ccccc5)n4)ccc3-c3cccc(C(F)(F)F)c3)c2c1. The monoisotopic (exact) mass is 668 g/mol. The minimum Gasteiger partial charge on any atom is -0.309 e. The molecule has 2 heterocycles. The molecule has 0 saturated carbocycles. The Kier molecular flexibility index (Phi) is 7.59. The quantitative estimate of drug-likeness (QED) is 0.182. The second kappa shape index (κ2) is 12.4. The predicted molar refractivity (Wildman–Crippen MR) is 190 cm³/mol. The van der Waals surface area contributed by atoms with Crippen molar-refractivity contribution in [3.63, 3.8) is 0 Å². The standard InChI is InChI=1S/C42H23F3N6/c43-42(44,45)32-13-7-12-30(22-32)33-19-16-31(41-49-39(28-8-3-1-4-9-28)48-40(50-41)29-10-5-2-6-11-29)23-38(33)51-36-20-26(24-46)14-17-34(36)35-18-15-27(25-47)21-37(35)51/h1-23H. The van der Waals surface area contributed by atoms with Crippen LogP contribution in [-0.4, -0.2) is 19.5 Å². The van der Waals surface area contributed by atoms with E-state index >= 15 is 0 Å². The van der Waals surface area contributed by atoms with E-state index in [-0.39, 0.29) is 0 Å². The molecule has 0 atom stereocenters. The molecule has 9 heteroatoms. The van der Waals surface area contributed by atoms with Gasteiger partial charge in [0.05, 0.1) is 45.5 Å². The molecule has 8 aromatic rings. The summed E-state index contributed by atoms with van der Waals surface area (Å²) in [5.41, 5.74) is 4.82. The maximum atomic E-state index is 14.0. The van der Waals surface area contributed by atoms with E-state index in [9.17, 15) is 23.7 Å². The Balaban J connectivity index is 1.46. The highest BCUT2D eigenvalue weighted by Gasteiger charge is 2.31. The van der Waals surface area contributed by atoms with Gasteiger partial charge in [0.2, 0.25) is 0 Å². The van der Waals surface area contributed by atoms with Crippen LogP contribution in [0.3, 0.4) is 0 Å². The molecule has 6 nitrogen and oxygen atoms in total. The molecule has 0 bridgehead atoms. The highest BCUT2D eigenvalue weighted by atomic mass is 19.4. The predicted octanol–water partition coefficient (Wildman–Crippen LogP) is 10.4. The van der Waals surface area contributed by atoms with E-state index in [0.29, 0.717) is 62.0 Å². The zero-order chi connectivity index (χ0) is 35.1. The summed E-state index contributed by atoms with van der Waals surface area (Å²) in [6.07, 6.45) is -4.56. The fourth-order valence-electron chi connectivity index (χ4n) is 6.32. The molecule has 242 valence electrons. The van der Waals surface area contributed by atoms with Crippen LogP contribution in [0.5, 0.6) is 0 Å². The molecule has 0 fully saturated rings. The minimum absolute atomic E-state index is 0.333. The topological polar surface area (TPSA) is 91.2 Å². The van der Waals surface area contributed by atoms with E-state index in [2.05, 4.69) is 12.1 Å². The first-order chi connectivity index (χ1) is 24.8. The van der Waals surface area contributed by atoms with Crippen LogP contribution in [0.15, 0.2) is 140 Å². The van der Waals surface area contributed by atoms with Gasteiger partial charge in [-0.05, 0) is 48.0 Å². The van der Waals surface area contributed by atoms with Crippen LogP contribution in [-0.2, 0) is 6.18 Å². The van der Waals surface area contributed by atoms with Crippen molar-refractivity contribution in [2.75, 3.05) is 0 Å². The average Bonchev–Trinajstić information content (AvgIpc) is 3.50. The van der Waals surface area contributed by atoms with E-state index in [4.69, 9.17) is 15.0 Å². The van der Waals surface area contributed by atoms with Crippen LogP contribution in [0.1, 0.15) is 16.7 Å². The first kappa shape index (κ1) is 31.2. The summed E-state index contributed by atoms with van der Waals surface area (Å²) in [7, 11) is 0. The van der Waals surface area contributed by atoms with Crippen molar-refractivity contribution >= 4 is 21.8 Å². The summed E-state index contributed by atoms with van der Waals surface area (Å²) < 4.78 is 43.9. The Morgan fingerprint density at radius 1 is 0.490 bits per heavy atom. The third kappa shape index (κ3) is 5.73. The summed E-state index contributed by atoms with van der Waals surface area (Å²) in [5.74, 6) is 1.27. The lowest BCUT2D eigenvalue weighted by Gasteiger charge is -2.17. The van der Waals surface area contributed by atoms with Crippen LogP contribution >= 0.6 is 0 Å². The molecule has 0 N–H and O–H groups in total. The number of hydrogen-bond donors (Lipinski definition) is 0. The van der Waals surface area contributed by atoms with Crippen molar-refractivity contribution in [1.82, 2.24) is 19.5 Å². The molecule has 0 spiro atoms. The molecular formula is C42H23F3N6. The van der Waals surface area contributed by atoms with Crippen molar-refractivity contribution in [2.24, 2.45) is 0 Å². The van der Waals surface area contributed by atoms with Gasteiger partial charge in [0, 0.05) is 33.0 Å². The zero-order valence-corrected chi connectivity index (χ0v) is 26.6. The summed E-state index contributed by atoms with van der Waals surface area (Å²) in [5, 5.41) is 21.3. The molecule has 51 heavy (non-hydrogen) atoms. The molecule has 0 unspecified atom stereocenters. The second-order valence-electron chi connectivity index (χ2n) is 11.9. The lowest BCUT2D eigenvalue weighted by Crippen LogP contribution is -2.05. The number of rotatable bonds is 5. The molecule has 6 aromatic carbocycles. The smallest absolute Gasteiger partial charge is 0.309 e. The highest BCUT2D eigenvalue weighted by Crippen LogP contribution is 2.40.